The van der Waals surface area contributed by atoms with Gasteiger partial charge in [-0.2, -0.15) is 0 Å². The van der Waals surface area contributed by atoms with Gasteiger partial charge in [0.1, 0.15) is 17.3 Å². The maximum atomic E-state index is 14.4. The number of aliphatic imine (C=N–C) groups is 1. The number of hydrogen-bond acceptors (Lipinski definition) is 3. The molecule has 0 bridgehead atoms. The summed E-state index contributed by atoms with van der Waals surface area (Å²) in [6.45, 7) is 3.88. The minimum Gasteiger partial charge on any atom is -0.457 e. The third kappa shape index (κ3) is 4.22. The number of ether oxygens (including phenoxy) is 1. The van der Waals surface area contributed by atoms with E-state index in [1.165, 1.54) is 0 Å². The van der Waals surface area contributed by atoms with Crippen molar-refractivity contribution < 1.29 is 9.13 Å². The second kappa shape index (κ2) is 8.26. The number of rotatable bonds is 5. The van der Waals surface area contributed by atoms with Crippen LogP contribution in [0.25, 0.3) is 0 Å². The molecular weight excluding hydrogens is 351 g/mol. The molecule has 0 aromatic heterocycles. The summed E-state index contributed by atoms with van der Waals surface area (Å²) >= 11 is 0. The number of nitrogens with zero attached hydrogens (tertiary/aromatic N) is 2. The van der Waals surface area contributed by atoms with Gasteiger partial charge in [-0.3, -0.25) is 4.99 Å². The number of hydrogen-bond donors (Lipinski definition) is 0. The lowest BCUT2D eigenvalue weighted by Crippen LogP contribution is -2.18. The SMILES string of the molecule is Cc1ccccc1Oc1ccc(N=Cc2ccc(N3CCCC3)c(F)c2)cc1. The Morgan fingerprint density at radius 3 is 2.43 bits per heavy atom. The summed E-state index contributed by atoms with van der Waals surface area (Å²) in [5, 5.41) is 0. The Hall–Kier alpha value is -3.14. The average molecular weight is 374 g/mol. The van der Waals surface area contributed by atoms with Crippen LogP contribution in [0.15, 0.2) is 71.7 Å². The molecule has 0 N–H and O–H groups in total. The Kier molecular flexibility index (Phi) is 5.38. The van der Waals surface area contributed by atoms with Gasteiger partial charge >= 0.3 is 0 Å². The van der Waals surface area contributed by atoms with Gasteiger partial charge in [0.2, 0.25) is 0 Å². The second-order valence-corrected chi connectivity index (χ2v) is 7.02. The van der Waals surface area contributed by atoms with Crippen molar-refractivity contribution in [1.82, 2.24) is 0 Å². The molecule has 0 unspecified atom stereocenters. The van der Waals surface area contributed by atoms with Crippen molar-refractivity contribution in [1.29, 1.82) is 0 Å². The van der Waals surface area contributed by atoms with E-state index in [4.69, 9.17) is 4.74 Å². The standard InChI is InChI=1S/C24H23FN2O/c1-18-6-2-3-7-24(18)28-21-11-9-20(10-12-21)26-17-19-8-13-23(22(25)16-19)27-14-4-5-15-27/h2-3,6-13,16-17H,4-5,14-15H2,1H3. The van der Waals surface area contributed by atoms with Gasteiger partial charge in [0.05, 0.1) is 11.4 Å². The lowest BCUT2D eigenvalue weighted by Gasteiger charge is -2.18. The van der Waals surface area contributed by atoms with Gasteiger partial charge in [-0.15, -0.1) is 0 Å². The third-order valence-electron chi connectivity index (χ3n) is 4.94. The molecule has 3 aromatic rings. The van der Waals surface area contributed by atoms with Crippen molar-refractivity contribution in [3.8, 4) is 11.5 Å². The zero-order chi connectivity index (χ0) is 19.3. The first kappa shape index (κ1) is 18.2. The maximum absolute atomic E-state index is 14.4. The summed E-state index contributed by atoms with van der Waals surface area (Å²) in [5.74, 6) is 1.41. The predicted molar refractivity (Wildman–Crippen MR) is 113 cm³/mol. The van der Waals surface area contributed by atoms with Gasteiger partial charge in [-0.25, -0.2) is 4.39 Å². The summed E-state index contributed by atoms with van der Waals surface area (Å²) in [6, 6.07) is 20.8. The zero-order valence-corrected chi connectivity index (χ0v) is 15.9. The molecule has 4 rings (SSSR count). The Morgan fingerprint density at radius 2 is 1.71 bits per heavy atom. The number of halogens is 1. The van der Waals surface area contributed by atoms with Crippen molar-refractivity contribution in [3.05, 3.63) is 83.7 Å². The third-order valence-corrected chi connectivity index (χ3v) is 4.94. The minimum absolute atomic E-state index is 0.187. The Labute approximate surface area is 165 Å². The lowest BCUT2D eigenvalue weighted by molar-refractivity contribution is 0.479. The van der Waals surface area contributed by atoms with Gasteiger partial charge in [0.15, 0.2) is 0 Å². The molecule has 3 nitrogen and oxygen atoms in total. The van der Waals surface area contributed by atoms with E-state index in [1.54, 1.807) is 12.3 Å². The van der Waals surface area contributed by atoms with E-state index in [-0.39, 0.29) is 5.82 Å². The molecule has 0 atom stereocenters. The van der Waals surface area contributed by atoms with Crippen LogP contribution in [0.4, 0.5) is 15.8 Å². The summed E-state index contributed by atoms with van der Waals surface area (Å²) in [5.41, 5.74) is 3.32. The smallest absolute Gasteiger partial charge is 0.147 e. The van der Waals surface area contributed by atoms with E-state index in [0.717, 1.165) is 54.2 Å². The molecule has 1 aliphatic heterocycles. The van der Waals surface area contributed by atoms with Crippen LogP contribution in [0.5, 0.6) is 11.5 Å². The van der Waals surface area contributed by atoms with E-state index in [1.807, 2.05) is 67.6 Å². The fourth-order valence-corrected chi connectivity index (χ4v) is 3.37. The highest BCUT2D eigenvalue weighted by Crippen LogP contribution is 2.27. The van der Waals surface area contributed by atoms with Gasteiger partial charge in [-0.05, 0) is 73.4 Å². The van der Waals surface area contributed by atoms with Crippen molar-refractivity contribution in [3.63, 3.8) is 0 Å². The van der Waals surface area contributed by atoms with Crippen LogP contribution >= 0.6 is 0 Å². The van der Waals surface area contributed by atoms with E-state index < -0.39 is 0 Å². The van der Waals surface area contributed by atoms with Crippen molar-refractivity contribution in [2.45, 2.75) is 19.8 Å². The van der Waals surface area contributed by atoms with Crippen molar-refractivity contribution in [2.75, 3.05) is 18.0 Å². The van der Waals surface area contributed by atoms with Crippen molar-refractivity contribution >= 4 is 17.6 Å². The Bertz CT molecular complexity index is 976. The van der Waals surface area contributed by atoms with Crippen LogP contribution in [0, 0.1) is 12.7 Å². The van der Waals surface area contributed by atoms with Crippen molar-refractivity contribution in [2.24, 2.45) is 4.99 Å². The summed E-state index contributed by atoms with van der Waals surface area (Å²) in [7, 11) is 0. The first-order valence-electron chi connectivity index (χ1n) is 9.61. The van der Waals surface area contributed by atoms with Crippen LogP contribution in [0.2, 0.25) is 0 Å². The van der Waals surface area contributed by atoms with Crippen LogP contribution in [-0.4, -0.2) is 19.3 Å². The highest BCUT2D eigenvalue weighted by Gasteiger charge is 2.15. The van der Waals surface area contributed by atoms with Gasteiger partial charge in [0, 0.05) is 19.3 Å². The number of benzene rings is 3. The maximum Gasteiger partial charge on any atom is 0.147 e. The number of para-hydroxylation sites is 1. The monoisotopic (exact) mass is 374 g/mol. The van der Waals surface area contributed by atoms with Crippen LogP contribution < -0.4 is 9.64 Å². The molecule has 28 heavy (non-hydrogen) atoms. The molecule has 1 saturated heterocycles. The van der Waals surface area contributed by atoms with Gasteiger partial charge < -0.3 is 9.64 Å². The van der Waals surface area contributed by atoms with Gasteiger partial charge in [-0.1, -0.05) is 24.3 Å². The fourth-order valence-electron chi connectivity index (χ4n) is 3.37. The first-order valence-corrected chi connectivity index (χ1v) is 9.61. The molecule has 0 spiro atoms. The lowest BCUT2D eigenvalue weighted by atomic mass is 10.2. The summed E-state index contributed by atoms with van der Waals surface area (Å²) < 4.78 is 20.3. The molecule has 0 saturated carbocycles. The summed E-state index contributed by atoms with van der Waals surface area (Å²) in [6.07, 6.45) is 3.95. The zero-order valence-electron chi connectivity index (χ0n) is 15.9. The number of anilines is 1. The molecule has 3 aromatic carbocycles. The van der Waals surface area contributed by atoms with E-state index in [0.29, 0.717) is 5.69 Å². The quantitative estimate of drug-likeness (QED) is 0.491. The second-order valence-electron chi connectivity index (χ2n) is 7.02. The molecule has 1 fully saturated rings. The van der Waals surface area contributed by atoms with Crippen LogP contribution in [0.1, 0.15) is 24.0 Å². The van der Waals surface area contributed by atoms with Crippen LogP contribution in [-0.2, 0) is 0 Å². The fraction of sp³-hybridized carbons (Fsp3) is 0.208. The molecule has 4 heteroatoms. The molecule has 1 aliphatic rings. The number of aryl methyl sites for hydroxylation is 1. The Balaban J connectivity index is 1.43. The molecule has 142 valence electrons. The van der Waals surface area contributed by atoms with E-state index in [9.17, 15) is 4.39 Å². The largest absolute Gasteiger partial charge is 0.457 e. The van der Waals surface area contributed by atoms with E-state index >= 15 is 0 Å². The highest BCUT2D eigenvalue weighted by molar-refractivity contribution is 5.82. The molecule has 0 aliphatic carbocycles. The molecular formula is C24H23FN2O. The predicted octanol–water partition coefficient (Wildman–Crippen LogP) is 6.28. The Morgan fingerprint density at radius 1 is 0.964 bits per heavy atom. The summed E-state index contributed by atoms with van der Waals surface area (Å²) in [4.78, 5) is 6.55. The topological polar surface area (TPSA) is 24.8 Å². The average Bonchev–Trinajstić information content (AvgIpc) is 3.24. The molecule has 0 radical (unpaired) electrons. The van der Waals surface area contributed by atoms with Gasteiger partial charge in [0.25, 0.3) is 0 Å². The molecule has 0 amide bonds. The molecule has 1 heterocycles. The minimum atomic E-state index is -0.187. The normalized spacial score (nSPS) is 14.0. The van der Waals surface area contributed by atoms with Crippen LogP contribution in [0.3, 0.4) is 0 Å². The first-order chi connectivity index (χ1) is 13.7. The highest BCUT2D eigenvalue weighted by atomic mass is 19.1. The van der Waals surface area contributed by atoms with E-state index in [2.05, 4.69) is 9.89 Å².